The molecule has 1 aliphatic rings. The fraction of sp³-hybridized carbons (Fsp3) is 0.833. The maximum Gasteiger partial charge on any atom is 0.225 e. The molecule has 4 heteroatoms. The van der Waals surface area contributed by atoms with Crippen LogP contribution >= 0.6 is 0 Å². The van der Waals surface area contributed by atoms with Crippen LogP contribution in [0.1, 0.15) is 19.8 Å². The molecule has 1 fully saturated rings. The molecule has 0 spiro atoms. The Labute approximate surface area is 59.6 Å². The van der Waals surface area contributed by atoms with Gasteiger partial charge in [0.25, 0.3) is 0 Å². The average molecular weight is 144 g/mol. The molecule has 10 heavy (non-hydrogen) atoms. The van der Waals surface area contributed by atoms with E-state index in [2.05, 4.69) is 10.6 Å². The van der Waals surface area contributed by atoms with Gasteiger partial charge in [0.05, 0.1) is 12.6 Å². The minimum absolute atomic E-state index is 0.0590. The van der Waals surface area contributed by atoms with Gasteiger partial charge >= 0.3 is 0 Å². The molecule has 0 bridgehead atoms. The Morgan fingerprint density at radius 2 is 2.50 bits per heavy atom. The lowest BCUT2D eigenvalue weighted by Gasteiger charge is -2.27. The third-order valence-electron chi connectivity index (χ3n) is 1.52. The number of hydrogen-bond acceptors (Lipinski definition) is 3. The fourth-order valence-corrected chi connectivity index (χ4v) is 0.982. The number of carbonyl (C=O) groups excluding carboxylic acids is 1. The van der Waals surface area contributed by atoms with Crippen molar-refractivity contribution in [3.63, 3.8) is 0 Å². The molecule has 0 aromatic carbocycles. The monoisotopic (exact) mass is 144 g/mol. The number of amides is 1. The summed E-state index contributed by atoms with van der Waals surface area (Å²) in [4.78, 5) is 10.7. The van der Waals surface area contributed by atoms with Crippen molar-refractivity contribution in [2.45, 2.75) is 32.2 Å². The number of rotatable bonds is 1. The molecule has 1 rings (SSSR count). The predicted molar refractivity (Wildman–Crippen MR) is 36.0 cm³/mol. The maximum atomic E-state index is 10.7. The first-order valence-corrected chi connectivity index (χ1v) is 3.46. The first-order chi connectivity index (χ1) is 4.72. The van der Waals surface area contributed by atoms with Gasteiger partial charge in [-0.1, -0.05) is 6.92 Å². The Balaban J connectivity index is 2.42. The van der Waals surface area contributed by atoms with Gasteiger partial charge in [-0.3, -0.25) is 10.1 Å². The molecule has 1 amide bonds. The summed E-state index contributed by atoms with van der Waals surface area (Å²) < 4.78 is 0. The van der Waals surface area contributed by atoms with E-state index in [4.69, 9.17) is 5.11 Å². The quantitative estimate of drug-likeness (QED) is 0.449. The highest BCUT2D eigenvalue weighted by Gasteiger charge is 2.21. The summed E-state index contributed by atoms with van der Waals surface area (Å²) in [7, 11) is 0. The minimum Gasteiger partial charge on any atom is -0.378 e. The molecule has 0 aromatic heterocycles. The molecule has 1 saturated heterocycles. The van der Waals surface area contributed by atoms with E-state index in [0.717, 1.165) is 6.42 Å². The van der Waals surface area contributed by atoms with E-state index >= 15 is 0 Å². The Morgan fingerprint density at radius 3 is 3.00 bits per heavy atom. The summed E-state index contributed by atoms with van der Waals surface area (Å²) in [6.07, 6.45) is 0.231. The van der Waals surface area contributed by atoms with Crippen molar-refractivity contribution in [2.75, 3.05) is 0 Å². The number of hydrogen-bond donors (Lipinski definition) is 3. The maximum absolute atomic E-state index is 10.7. The molecule has 2 atom stereocenters. The highest BCUT2D eigenvalue weighted by atomic mass is 16.3. The summed E-state index contributed by atoms with van der Waals surface area (Å²) in [5, 5.41) is 14.5. The molecule has 0 saturated carbocycles. The largest absolute Gasteiger partial charge is 0.378 e. The molecular formula is C6H12N2O2. The second kappa shape index (κ2) is 2.98. The average Bonchev–Trinajstić information content (AvgIpc) is 1.85. The Bertz CT molecular complexity index is 138. The van der Waals surface area contributed by atoms with Crippen molar-refractivity contribution >= 4 is 5.91 Å². The number of aliphatic hydroxyl groups excluding tert-OH is 1. The summed E-state index contributed by atoms with van der Waals surface area (Å²) in [5.74, 6) is -0.0851. The van der Waals surface area contributed by atoms with Gasteiger partial charge in [0.2, 0.25) is 5.91 Å². The van der Waals surface area contributed by atoms with Crippen LogP contribution in [0.2, 0.25) is 0 Å². The molecule has 1 heterocycles. The Morgan fingerprint density at radius 1 is 1.80 bits per heavy atom. The highest BCUT2D eigenvalue weighted by molar-refractivity contribution is 5.77. The van der Waals surface area contributed by atoms with Gasteiger partial charge in [-0.2, -0.15) is 0 Å². The van der Waals surface area contributed by atoms with Crippen LogP contribution in [0.3, 0.4) is 0 Å². The lowest BCUT2D eigenvalue weighted by molar-refractivity contribution is -0.127. The zero-order chi connectivity index (χ0) is 7.56. The molecule has 0 aliphatic carbocycles. The van der Waals surface area contributed by atoms with Crippen LogP contribution in [0.4, 0.5) is 0 Å². The second-order valence-electron chi connectivity index (χ2n) is 2.41. The molecule has 3 N–H and O–H groups in total. The standard InChI is InChI=1S/C6H12N2O2/c1-2-4-7-5(9)3-6(10)8-4/h4-5,7,9H,2-3H2,1H3,(H,8,10). The van der Waals surface area contributed by atoms with Crippen molar-refractivity contribution in [1.82, 2.24) is 10.6 Å². The second-order valence-corrected chi connectivity index (χ2v) is 2.41. The number of nitrogens with one attached hydrogen (secondary N) is 2. The molecule has 1 aliphatic heterocycles. The van der Waals surface area contributed by atoms with Gasteiger partial charge in [0, 0.05) is 0 Å². The zero-order valence-corrected chi connectivity index (χ0v) is 5.92. The molecule has 0 aromatic rings. The fourth-order valence-electron chi connectivity index (χ4n) is 0.982. The van der Waals surface area contributed by atoms with Crippen LogP contribution < -0.4 is 10.6 Å². The van der Waals surface area contributed by atoms with Gasteiger partial charge in [0.15, 0.2) is 0 Å². The summed E-state index contributed by atoms with van der Waals surface area (Å²) >= 11 is 0. The normalized spacial score (nSPS) is 33.6. The highest BCUT2D eigenvalue weighted by Crippen LogP contribution is 1.99. The molecule has 4 nitrogen and oxygen atoms in total. The first-order valence-electron chi connectivity index (χ1n) is 3.46. The lowest BCUT2D eigenvalue weighted by Crippen LogP contribution is -2.55. The van der Waals surface area contributed by atoms with Crippen LogP contribution in [0.5, 0.6) is 0 Å². The van der Waals surface area contributed by atoms with Crippen LogP contribution in [0.25, 0.3) is 0 Å². The summed E-state index contributed by atoms with van der Waals surface area (Å²) in [5.41, 5.74) is 0. The minimum atomic E-state index is -0.668. The van der Waals surface area contributed by atoms with Crippen molar-refractivity contribution in [2.24, 2.45) is 0 Å². The third kappa shape index (κ3) is 1.68. The Hall–Kier alpha value is -0.610. The van der Waals surface area contributed by atoms with Gasteiger partial charge in [-0.05, 0) is 6.42 Å². The molecule has 2 unspecified atom stereocenters. The van der Waals surface area contributed by atoms with Gasteiger partial charge < -0.3 is 10.4 Å². The molecular weight excluding hydrogens is 132 g/mol. The van der Waals surface area contributed by atoms with Gasteiger partial charge in [-0.25, -0.2) is 0 Å². The van der Waals surface area contributed by atoms with Crippen molar-refractivity contribution in [3.8, 4) is 0 Å². The van der Waals surface area contributed by atoms with Gasteiger partial charge in [-0.15, -0.1) is 0 Å². The van der Waals surface area contributed by atoms with Crippen LogP contribution in [-0.4, -0.2) is 23.4 Å². The van der Waals surface area contributed by atoms with Crippen molar-refractivity contribution in [1.29, 1.82) is 0 Å². The van der Waals surface area contributed by atoms with E-state index < -0.39 is 6.23 Å². The first kappa shape index (κ1) is 7.50. The topological polar surface area (TPSA) is 61.4 Å². The number of aliphatic hydroxyl groups is 1. The summed E-state index contributed by atoms with van der Waals surface area (Å²) in [6.45, 7) is 1.94. The van der Waals surface area contributed by atoms with E-state index in [9.17, 15) is 4.79 Å². The van der Waals surface area contributed by atoms with Crippen molar-refractivity contribution < 1.29 is 9.90 Å². The van der Waals surface area contributed by atoms with Crippen LogP contribution in [0, 0.1) is 0 Å². The SMILES string of the molecule is CCC1NC(=O)CC(O)N1. The van der Waals surface area contributed by atoms with E-state index in [1.54, 1.807) is 0 Å². The zero-order valence-electron chi connectivity index (χ0n) is 5.92. The molecule has 0 radical (unpaired) electrons. The van der Waals surface area contributed by atoms with E-state index in [1.165, 1.54) is 0 Å². The summed E-state index contributed by atoms with van der Waals surface area (Å²) in [6, 6.07) is 0. The van der Waals surface area contributed by atoms with Gasteiger partial charge in [0.1, 0.15) is 6.23 Å². The third-order valence-corrected chi connectivity index (χ3v) is 1.52. The van der Waals surface area contributed by atoms with Crippen LogP contribution in [0.15, 0.2) is 0 Å². The van der Waals surface area contributed by atoms with Crippen molar-refractivity contribution in [3.05, 3.63) is 0 Å². The van der Waals surface area contributed by atoms with E-state index in [-0.39, 0.29) is 18.5 Å². The van der Waals surface area contributed by atoms with E-state index in [0.29, 0.717) is 0 Å². The Kier molecular flexibility index (Phi) is 2.24. The smallest absolute Gasteiger partial charge is 0.225 e. The number of carbonyl (C=O) groups is 1. The predicted octanol–water partition coefficient (Wildman–Crippen LogP) is -0.850. The van der Waals surface area contributed by atoms with E-state index in [1.807, 2.05) is 6.92 Å². The van der Waals surface area contributed by atoms with Crippen LogP contribution in [-0.2, 0) is 4.79 Å². The lowest BCUT2D eigenvalue weighted by atomic mass is 10.2. The molecule has 58 valence electrons.